The van der Waals surface area contributed by atoms with E-state index in [1.54, 1.807) is 0 Å². The highest BCUT2D eigenvalue weighted by Gasteiger charge is 2.14. The van der Waals surface area contributed by atoms with E-state index in [9.17, 15) is 0 Å². The van der Waals surface area contributed by atoms with Crippen molar-refractivity contribution < 1.29 is 0 Å². The Balaban J connectivity index is 2.73. The lowest BCUT2D eigenvalue weighted by atomic mass is 9.94. The van der Waals surface area contributed by atoms with E-state index in [2.05, 4.69) is 50.4 Å². The predicted molar refractivity (Wildman–Crippen MR) is 67.3 cm³/mol. The maximum Gasteiger partial charge on any atom is 0.0162 e. The lowest BCUT2D eigenvalue weighted by molar-refractivity contribution is 0.422. The molecule has 1 rings (SSSR count). The molecule has 0 spiro atoms. The van der Waals surface area contributed by atoms with Crippen LogP contribution in [0.4, 0.5) is 0 Å². The summed E-state index contributed by atoms with van der Waals surface area (Å²) in [6.45, 7) is 6.70. The fraction of sp³-hybridized carbons (Fsp3) is 0.571. The molecule has 0 fully saturated rings. The van der Waals surface area contributed by atoms with Crippen LogP contribution in [-0.2, 0) is 12.8 Å². The Hall–Kier alpha value is -0.820. The van der Waals surface area contributed by atoms with Gasteiger partial charge in [-0.1, -0.05) is 37.6 Å². The second kappa shape index (κ2) is 5.32. The third-order valence-corrected chi connectivity index (χ3v) is 2.85. The molecule has 0 aromatic heterocycles. The van der Waals surface area contributed by atoms with Gasteiger partial charge >= 0.3 is 0 Å². The molecule has 0 saturated heterocycles. The molecule has 84 valence electrons. The van der Waals surface area contributed by atoms with Gasteiger partial charge in [0.25, 0.3) is 0 Å². The molecular weight excluding hydrogens is 182 g/mol. The number of benzene rings is 1. The van der Waals surface area contributed by atoms with Crippen LogP contribution in [0.2, 0.25) is 0 Å². The van der Waals surface area contributed by atoms with Gasteiger partial charge in [-0.2, -0.15) is 0 Å². The normalized spacial score (nSPS) is 11.7. The Kier molecular flexibility index (Phi) is 4.34. The van der Waals surface area contributed by atoms with Gasteiger partial charge in [-0.3, -0.25) is 0 Å². The average Bonchev–Trinajstić information content (AvgIpc) is 2.18. The van der Waals surface area contributed by atoms with Crippen molar-refractivity contribution in [3.63, 3.8) is 0 Å². The van der Waals surface area contributed by atoms with E-state index in [0.717, 1.165) is 6.42 Å². The molecule has 0 amide bonds. The molecule has 0 bridgehead atoms. The zero-order valence-corrected chi connectivity index (χ0v) is 10.4. The van der Waals surface area contributed by atoms with E-state index in [1.807, 2.05) is 7.05 Å². The summed E-state index contributed by atoms with van der Waals surface area (Å²) in [6, 6.07) is 8.95. The van der Waals surface area contributed by atoms with E-state index < -0.39 is 0 Å². The molecule has 1 N–H and O–H groups in total. The number of hydrogen-bond donors (Lipinski definition) is 1. The summed E-state index contributed by atoms with van der Waals surface area (Å²) in [6.07, 6.45) is 3.49. The van der Waals surface area contributed by atoms with E-state index >= 15 is 0 Å². The number of hydrogen-bond acceptors (Lipinski definition) is 1. The molecule has 0 atom stereocenters. The largest absolute Gasteiger partial charge is 0.314 e. The molecule has 1 aromatic rings. The van der Waals surface area contributed by atoms with Crippen molar-refractivity contribution in [3.8, 4) is 0 Å². The number of nitrogens with one attached hydrogen (secondary N) is 1. The van der Waals surface area contributed by atoms with Crippen molar-refractivity contribution in [2.75, 3.05) is 7.05 Å². The first-order valence-electron chi connectivity index (χ1n) is 5.84. The van der Waals surface area contributed by atoms with Gasteiger partial charge < -0.3 is 5.32 Å². The van der Waals surface area contributed by atoms with Crippen LogP contribution >= 0.6 is 0 Å². The molecule has 0 unspecified atom stereocenters. The van der Waals surface area contributed by atoms with Crippen LogP contribution in [0.3, 0.4) is 0 Å². The van der Waals surface area contributed by atoms with Crippen LogP contribution in [0.1, 0.15) is 38.3 Å². The van der Waals surface area contributed by atoms with Crippen LogP contribution in [0.15, 0.2) is 24.3 Å². The monoisotopic (exact) mass is 205 g/mol. The first kappa shape index (κ1) is 12.3. The smallest absolute Gasteiger partial charge is 0.0162 e. The molecule has 0 aliphatic heterocycles. The minimum Gasteiger partial charge on any atom is -0.314 e. The Labute approximate surface area is 93.9 Å². The van der Waals surface area contributed by atoms with Crippen LogP contribution in [0.5, 0.6) is 0 Å². The predicted octanol–water partition coefficient (Wildman–Crippen LogP) is 3.18. The second-order valence-electron chi connectivity index (χ2n) is 4.88. The first-order chi connectivity index (χ1) is 7.07. The van der Waals surface area contributed by atoms with Crippen molar-refractivity contribution in [3.05, 3.63) is 35.4 Å². The van der Waals surface area contributed by atoms with Crippen LogP contribution < -0.4 is 5.32 Å². The Bertz CT molecular complexity index is 302. The summed E-state index contributed by atoms with van der Waals surface area (Å²) in [4.78, 5) is 0. The van der Waals surface area contributed by atoms with Crippen LogP contribution in [0.25, 0.3) is 0 Å². The van der Waals surface area contributed by atoms with Crippen molar-refractivity contribution in [1.29, 1.82) is 0 Å². The van der Waals surface area contributed by atoms with E-state index in [4.69, 9.17) is 0 Å². The van der Waals surface area contributed by atoms with Crippen molar-refractivity contribution >= 4 is 0 Å². The van der Waals surface area contributed by atoms with E-state index in [-0.39, 0.29) is 5.54 Å². The van der Waals surface area contributed by atoms with Gasteiger partial charge in [0.15, 0.2) is 0 Å². The highest BCUT2D eigenvalue weighted by molar-refractivity contribution is 5.25. The molecule has 0 radical (unpaired) electrons. The van der Waals surface area contributed by atoms with Crippen LogP contribution in [0, 0.1) is 0 Å². The number of likely N-dealkylation sites (N-methyl/N-ethyl adjacent to an activating group) is 1. The minimum atomic E-state index is 0.185. The van der Waals surface area contributed by atoms with E-state index in [1.165, 1.54) is 24.0 Å². The van der Waals surface area contributed by atoms with Gasteiger partial charge in [-0.25, -0.2) is 0 Å². The fourth-order valence-electron chi connectivity index (χ4n) is 1.78. The molecule has 0 aliphatic carbocycles. The summed E-state index contributed by atoms with van der Waals surface area (Å²) in [5.74, 6) is 0. The minimum absolute atomic E-state index is 0.185. The summed E-state index contributed by atoms with van der Waals surface area (Å²) in [7, 11) is 2.02. The van der Waals surface area contributed by atoms with Crippen molar-refractivity contribution in [1.82, 2.24) is 5.32 Å². The zero-order chi connectivity index (χ0) is 11.3. The molecule has 0 heterocycles. The molecule has 1 nitrogen and oxygen atoms in total. The lowest BCUT2D eigenvalue weighted by Gasteiger charge is -2.24. The van der Waals surface area contributed by atoms with Crippen molar-refractivity contribution in [2.45, 2.75) is 45.6 Å². The lowest BCUT2D eigenvalue weighted by Crippen LogP contribution is -2.38. The summed E-state index contributed by atoms with van der Waals surface area (Å²) in [5, 5.41) is 3.34. The third kappa shape index (κ3) is 4.05. The Morgan fingerprint density at radius 3 is 2.47 bits per heavy atom. The summed E-state index contributed by atoms with van der Waals surface area (Å²) in [5.41, 5.74) is 3.08. The van der Waals surface area contributed by atoms with Crippen LogP contribution in [-0.4, -0.2) is 12.6 Å². The summed E-state index contributed by atoms with van der Waals surface area (Å²) < 4.78 is 0. The standard InChI is InChI=1S/C14H23N/c1-5-7-12-8-6-9-13(10-12)11-14(2,3)15-4/h6,8-10,15H,5,7,11H2,1-4H3. The molecular formula is C14H23N. The van der Waals surface area contributed by atoms with Gasteiger partial charge in [0.2, 0.25) is 0 Å². The summed E-state index contributed by atoms with van der Waals surface area (Å²) >= 11 is 0. The molecule has 1 heteroatoms. The second-order valence-corrected chi connectivity index (χ2v) is 4.88. The maximum absolute atomic E-state index is 3.34. The van der Waals surface area contributed by atoms with Gasteiger partial charge in [-0.15, -0.1) is 0 Å². The Morgan fingerprint density at radius 1 is 1.20 bits per heavy atom. The fourth-order valence-corrected chi connectivity index (χ4v) is 1.78. The topological polar surface area (TPSA) is 12.0 Å². The quantitative estimate of drug-likeness (QED) is 0.778. The molecule has 0 saturated carbocycles. The first-order valence-corrected chi connectivity index (χ1v) is 5.84. The van der Waals surface area contributed by atoms with E-state index in [0.29, 0.717) is 0 Å². The zero-order valence-electron chi connectivity index (χ0n) is 10.4. The number of rotatable bonds is 5. The maximum atomic E-state index is 3.34. The average molecular weight is 205 g/mol. The van der Waals surface area contributed by atoms with Gasteiger partial charge in [0.05, 0.1) is 0 Å². The highest BCUT2D eigenvalue weighted by Crippen LogP contribution is 2.14. The molecule has 1 aromatic carbocycles. The van der Waals surface area contributed by atoms with Gasteiger partial charge in [0.1, 0.15) is 0 Å². The SMILES string of the molecule is CCCc1cccc(CC(C)(C)NC)c1. The Morgan fingerprint density at radius 2 is 1.87 bits per heavy atom. The third-order valence-electron chi connectivity index (χ3n) is 2.85. The highest BCUT2D eigenvalue weighted by atomic mass is 14.9. The van der Waals surface area contributed by atoms with Gasteiger partial charge in [0, 0.05) is 5.54 Å². The van der Waals surface area contributed by atoms with Gasteiger partial charge in [-0.05, 0) is 44.9 Å². The molecule has 15 heavy (non-hydrogen) atoms. The van der Waals surface area contributed by atoms with Crippen molar-refractivity contribution in [2.24, 2.45) is 0 Å². The molecule has 0 aliphatic rings. The number of aryl methyl sites for hydroxylation is 1.